The molecule has 1 fully saturated rings. The molecule has 16 heavy (non-hydrogen) atoms. The van der Waals surface area contributed by atoms with Crippen LogP contribution >= 0.6 is 0 Å². The van der Waals surface area contributed by atoms with Gasteiger partial charge in [0.1, 0.15) is 5.69 Å². The van der Waals surface area contributed by atoms with Gasteiger partial charge in [-0.15, -0.1) is 0 Å². The van der Waals surface area contributed by atoms with Crippen LogP contribution in [-0.2, 0) is 0 Å². The Morgan fingerprint density at radius 1 is 1.50 bits per heavy atom. The van der Waals surface area contributed by atoms with Gasteiger partial charge < -0.3 is 10.4 Å². The minimum absolute atomic E-state index is 0.0589. The zero-order valence-electron chi connectivity index (χ0n) is 8.80. The number of carboxylic acid groups (broad SMARTS) is 1. The van der Waals surface area contributed by atoms with Gasteiger partial charge >= 0.3 is 5.97 Å². The van der Waals surface area contributed by atoms with Crippen molar-refractivity contribution in [2.75, 3.05) is 0 Å². The van der Waals surface area contributed by atoms with Crippen LogP contribution in [0.1, 0.15) is 34.2 Å². The summed E-state index contributed by atoms with van der Waals surface area (Å²) in [5.41, 5.74) is 0.334. The summed E-state index contributed by atoms with van der Waals surface area (Å²) in [6.07, 6.45) is 2.29. The Morgan fingerprint density at radius 3 is 2.62 bits per heavy atom. The summed E-state index contributed by atoms with van der Waals surface area (Å²) in [6, 6.07) is 3.05. The van der Waals surface area contributed by atoms with Crippen LogP contribution in [0.2, 0.25) is 0 Å². The molecular formula is C11H12N2O3. The number of rotatable bonds is 3. The molecule has 0 bridgehead atoms. The summed E-state index contributed by atoms with van der Waals surface area (Å²) < 4.78 is 0. The Morgan fingerprint density at radius 2 is 2.19 bits per heavy atom. The summed E-state index contributed by atoms with van der Waals surface area (Å²) in [5.74, 6) is -0.753. The number of pyridine rings is 1. The van der Waals surface area contributed by atoms with E-state index in [2.05, 4.69) is 17.2 Å². The molecule has 1 aliphatic carbocycles. The van der Waals surface area contributed by atoms with Crippen LogP contribution in [0.4, 0.5) is 0 Å². The van der Waals surface area contributed by atoms with Gasteiger partial charge in [-0.25, -0.2) is 9.78 Å². The van der Waals surface area contributed by atoms with Crippen molar-refractivity contribution < 1.29 is 14.7 Å². The Balaban J connectivity index is 2.03. The number of hydrogen-bond donors (Lipinski definition) is 2. The number of aromatic carboxylic acids is 1. The first-order chi connectivity index (χ1) is 7.58. The predicted molar refractivity (Wildman–Crippen MR) is 56.2 cm³/mol. The normalized spacial score (nSPS) is 22.6. The first kappa shape index (κ1) is 10.6. The number of carbonyl (C=O) groups is 2. The summed E-state index contributed by atoms with van der Waals surface area (Å²) in [5, 5.41) is 11.5. The third-order valence-electron chi connectivity index (χ3n) is 2.67. The molecule has 0 spiro atoms. The number of aromatic nitrogens is 1. The van der Waals surface area contributed by atoms with Crippen LogP contribution in [-0.4, -0.2) is 28.0 Å². The smallest absolute Gasteiger partial charge is 0.354 e. The summed E-state index contributed by atoms with van der Waals surface area (Å²) in [7, 11) is 0. The van der Waals surface area contributed by atoms with Gasteiger partial charge in [0.15, 0.2) is 0 Å². The number of carbonyl (C=O) groups excluding carboxylic acids is 1. The Bertz CT molecular complexity index is 427. The fourth-order valence-corrected chi connectivity index (χ4v) is 1.43. The van der Waals surface area contributed by atoms with Crippen LogP contribution in [0.3, 0.4) is 0 Å². The molecule has 2 unspecified atom stereocenters. The second kappa shape index (κ2) is 3.92. The van der Waals surface area contributed by atoms with Crippen LogP contribution in [0, 0.1) is 5.92 Å². The number of amides is 1. The third kappa shape index (κ3) is 2.18. The first-order valence-corrected chi connectivity index (χ1v) is 5.08. The van der Waals surface area contributed by atoms with Crippen molar-refractivity contribution in [3.8, 4) is 0 Å². The molecule has 0 aliphatic heterocycles. The first-order valence-electron chi connectivity index (χ1n) is 5.08. The van der Waals surface area contributed by atoms with Crippen LogP contribution < -0.4 is 5.32 Å². The molecule has 0 radical (unpaired) electrons. The molecule has 2 N–H and O–H groups in total. The van der Waals surface area contributed by atoms with Crippen molar-refractivity contribution in [2.24, 2.45) is 5.92 Å². The molecule has 2 atom stereocenters. The highest BCUT2D eigenvalue weighted by atomic mass is 16.4. The highest BCUT2D eigenvalue weighted by Gasteiger charge is 2.33. The number of carboxylic acids is 1. The van der Waals surface area contributed by atoms with E-state index in [1.807, 2.05) is 0 Å². The summed E-state index contributed by atoms with van der Waals surface area (Å²) >= 11 is 0. The van der Waals surface area contributed by atoms with Crippen LogP contribution in [0.5, 0.6) is 0 Å². The SMILES string of the molecule is CC1CC1NC(=O)c1ccc(C(=O)O)nc1. The number of nitrogens with zero attached hydrogens (tertiary/aromatic N) is 1. The van der Waals surface area contributed by atoms with Gasteiger partial charge in [0.25, 0.3) is 5.91 Å². The van der Waals surface area contributed by atoms with Crippen molar-refractivity contribution in [1.29, 1.82) is 0 Å². The largest absolute Gasteiger partial charge is 0.477 e. The molecule has 1 saturated carbocycles. The van der Waals surface area contributed by atoms with Crippen LogP contribution in [0.25, 0.3) is 0 Å². The van der Waals surface area contributed by atoms with Gasteiger partial charge in [-0.1, -0.05) is 6.92 Å². The zero-order chi connectivity index (χ0) is 11.7. The monoisotopic (exact) mass is 220 g/mol. The molecule has 1 amide bonds. The molecule has 1 heterocycles. The number of hydrogen-bond acceptors (Lipinski definition) is 3. The molecule has 1 aliphatic rings. The van der Waals surface area contributed by atoms with E-state index in [-0.39, 0.29) is 17.6 Å². The van der Waals surface area contributed by atoms with E-state index >= 15 is 0 Å². The van der Waals surface area contributed by atoms with E-state index in [0.29, 0.717) is 11.5 Å². The molecule has 1 aromatic heterocycles. The number of nitrogens with one attached hydrogen (secondary N) is 1. The highest BCUT2D eigenvalue weighted by Crippen LogP contribution is 2.29. The highest BCUT2D eigenvalue weighted by molar-refractivity contribution is 5.95. The van der Waals surface area contributed by atoms with E-state index in [4.69, 9.17) is 5.11 Å². The van der Waals surface area contributed by atoms with Crippen molar-refractivity contribution in [3.63, 3.8) is 0 Å². The van der Waals surface area contributed by atoms with E-state index in [1.54, 1.807) is 0 Å². The third-order valence-corrected chi connectivity index (χ3v) is 2.67. The van der Waals surface area contributed by atoms with Crippen molar-refractivity contribution >= 4 is 11.9 Å². The van der Waals surface area contributed by atoms with Crippen LogP contribution in [0.15, 0.2) is 18.3 Å². The topological polar surface area (TPSA) is 79.3 Å². The van der Waals surface area contributed by atoms with Crippen molar-refractivity contribution in [1.82, 2.24) is 10.3 Å². The lowest BCUT2D eigenvalue weighted by Gasteiger charge is -2.03. The Kier molecular flexibility index (Phi) is 2.60. The van der Waals surface area contributed by atoms with E-state index in [9.17, 15) is 9.59 Å². The molecule has 0 saturated heterocycles. The standard InChI is InChI=1S/C11H12N2O3/c1-6-4-9(6)13-10(14)7-2-3-8(11(15)16)12-5-7/h2-3,5-6,9H,4H2,1H3,(H,13,14)(H,15,16). The minimum Gasteiger partial charge on any atom is -0.477 e. The van der Waals surface area contributed by atoms with Crippen molar-refractivity contribution in [3.05, 3.63) is 29.6 Å². The zero-order valence-corrected chi connectivity index (χ0v) is 8.80. The fourth-order valence-electron chi connectivity index (χ4n) is 1.43. The summed E-state index contributed by atoms with van der Waals surface area (Å²) in [6.45, 7) is 2.07. The average molecular weight is 220 g/mol. The molecule has 0 aromatic carbocycles. The molecule has 5 heteroatoms. The minimum atomic E-state index is -1.09. The van der Waals surface area contributed by atoms with E-state index in [1.165, 1.54) is 18.3 Å². The molecule has 5 nitrogen and oxygen atoms in total. The van der Waals surface area contributed by atoms with Crippen molar-refractivity contribution in [2.45, 2.75) is 19.4 Å². The average Bonchev–Trinajstić information content (AvgIpc) is 2.94. The molecule has 84 valence electrons. The van der Waals surface area contributed by atoms with Gasteiger partial charge in [-0.05, 0) is 24.5 Å². The lowest BCUT2D eigenvalue weighted by atomic mass is 10.2. The maximum absolute atomic E-state index is 11.6. The predicted octanol–water partition coefficient (Wildman–Crippen LogP) is 0.918. The second-order valence-electron chi connectivity index (χ2n) is 4.03. The lowest BCUT2D eigenvalue weighted by Crippen LogP contribution is -2.26. The summed E-state index contributed by atoms with van der Waals surface area (Å²) in [4.78, 5) is 25.9. The van der Waals surface area contributed by atoms with Gasteiger partial charge in [0.2, 0.25) is 0 Å². The fraction of sp³-hybridized carbons (Fsp3) is 0.364. The Hall–Kier alpha value is -1.91. The van der Waals surface area contributed by atoms with Gasteiger partial charge in [-0.3, -0.25) is 4.79 Å². The second-order valence-corrected chi connectivity index (χ2v) is 4.03. The van der Waals surface area contributed by atoms with E-state index in [0.717, 1.165) is 6.42 Å². The molecule has 2 rings (SSSR count). The molecule has 1 aromatic rings. The maximum atomic E-state index is 11.6. The quantitative estimate of drug-likeness (QED) is 0.793. The lowest BCUT2D eigenvalue weighted by molar-refractivity contribution is 0.0689. The maximum Gasteiger partial charge on any atom is 0.354 e. The van der Waals surface area contributed by atoms with Gasteiger partial charge in [0.05, 0.1) is 5.56 Å². The Labute approximate surface area is 92.5 Å². The van der Waals surface area contributed by atoms with Gasteiger partial charge in [0, 0.05) is 12.2 Å². The molecular weight excluding hydrogens is 208 g/mol. The van der Waals surface area contributed by atoms with Gasteiger partial charge in [-0.2, -0.15) is 0 Å². The van der Waals surface area contributed by atoms with E-state index < -0.39 is 5.97 Å².